The molecule has 0 bridgehead atoms. The van der Waals surface area contributed by atoms with Crippen LogP contribution < -0.4 is 9.62 Å². The molecule has 10 nitrogen and oxygen atoms in total. The number of hydrogen-bond donors (Lipinski definition) is 1. The predicted octanol–water partition coefficient (Wildman–Crippen LogP) is 5.17. The summed E-state index contributed by atoms with van der Waals surface area (Å²) < 4.78 is 28.5. The molecule has 218 valence electrons. The molecule has 12 heteroatoms. The van der Waals surface area contributed by atoms with Crippen LogP contribution in [0, 0.1) is 10.1 Å². The van der Waals surface area contributed by atoms with Gasteiger partial charge >= 0.3 is 0 Å². The number of carbonyl (C=O) groups excluding carboxylic acids is 2. The van der Waals surface area contributed by atoms with Crippen LogP contribution in [0.25, 0.3) is 0 Å². The topological polar surface area (TPSA) is 130 Å². The van der Waals surface area contributed by atoms with Gasteiger partial charge in [-0.3, -0.25) is 24.0 Å². The van der Waals surface area contributed by atoms with Crippen LogP contribution in [0.1, 0.15) is 39.2 Å². The van der Waals surface area contributed by atoms with E-state index in [0.29, 0.717) is 17.0 Å². The molecule has 2 amide bonds. The minimum Gasteiger partial charge on any atom is -0.352 e. The number of non-ortho nitro benzene ring substituents is 1. The first kappa shape index (κ1) is 31.6. The number of nitro groups is 1. The van der Waals surface area contributed by atoms with E-state index >= 15 is 0 Å². The van der Waals surface area contributed by atoms with Gasteiger partial charge in [0.2, 0.25) is 11.8 Å². The third-order valence-corrected chi connectivity index (χ3v) is 8.80. The molecular formula is C29H33ClN4O6S. The molecule has 0 saturated carbocycles. The van der Waals surface area contributed by atoms with Gasteiger partial charge in [0.15, 0.2) is 0 Å². The van der Waals surface area contributed by atoms with Crippen molar-refractivity contribution in [3.05, 3.63) is 99.6 Å². The fourth-order valence-electron chi connectivity index (χ4n) is 4.16. The highest BCUT2D eigenvalue weighted by Gasteiger charge is 2.34. The SMILES string of the molecule is CC[C@H](C(=O)N[C@@H](C)CC)N(Cc1ccccc1Cl)C(=O)CN(c1ccc([N+](=O)[O-])cc1)S(=O)(=O)c1ccccc1. The molecule has 0 spiro atoms. The third kappa shape index (κ3) is 7.83. The lowest BCUT2D eigenvalue weighted by Gasteiger charge is -2.34. The molecule has 0 fully saturated rings. The van der Waals surface area contributed by atoms with Gasteiger partial charge in [-0.1, -0.05) is 61.8 Å². The van der Waals surface area contributed by atoms with Crippen molar-refractivity contribution in [3.8, 4) is 0 Å². The number of amides is 2. The van der Waals surface area contributed by atoms with Crippen LogP contribution in [0.2, 0.25) is 5.02 Å². The van der Waals surface area contributed by atoms with E-state index in [-0.39, 0.29) is 41.2 Å². The Bertz CT molecular complexity index is 1470. The van der Waals surface area contributed by atoms with E-state index in [1.807, 2.05) is 13.8 Å². The highest BCUT2D eigenvalue weighted by molar-refractivity contribution is 7.92. The Morgan fingerprint density at radius 3 is 2.12 bits per heavy atom. The number of halogens is 1. The molecular weight excluding hydrogens is 568 g/mol. The Labute approximate surface area is 245 Å². The van der Waals surface area contributed by atoms with E-state index in [4.69, 9.17) is 11.6 Å². The first-order valence-electron chi connectivity index (χ1n) is 13.1. The van der Waals surface area contributed by atoms with Gasteiger partial charge < -0.3 is 10.2 Å². The fourth-order valence-corrected chi connectivity index (χ4v) is 5.79. The zero-order valence-electron chi connectivity index (χ0n) is 23.1. The Balaban J connectivity index is 2.08. The predicted molar refractivity (Wildman–Crippen MR) is 158 cm³/mol. The Morgan fingerprint density at radius 2 is 1.56 bits per heavy atom. The highest BCUT2D eigenvalue weighted by Crippen LogP contribution is 2.27. The molecule has 0 aliphatic heterocycles. The van der Waals surface area contributed by atoms with Crippen molar-refractivity contribution in [3.63, 3.8) is 0 Å². The molecule has 0 radical (unpaired) electrons. The van der Waals surface area contributed by atoms with E-state index in [1.54, 1.807) is 49.4 Å². The Kier molecular flexibility index (Phi) is 10.8. The van der Waals surface area contributed by atoms with Crippen molar-refractivity contribution in [2.75, 3.05) is 10.8 Å². The van der Waals surface area contributed by atoms with E-state index in [9.17, 15) is 28.1 Å². The zero-order valence-corrected chi connectivity index (χ0v) is 24.6. The molecule has 0 aliphatic rings. The van der Waals surface area contributed by atoms with E-state index in [2.05, 4.69) is 5.32 Å². The lowest BCUT2D eigenvalue weighted by Crippen LogP contribution is -2.53. The van der Waals surface area contributed by atoms with Crippen molar-refractivity contribution in [1.29, 1.82) is 0 Å². The molecule has 0 aromatic heterocycles. The molecule has 3 rings (SSSR count). The third-order valence-electron chi connectivity index (χ3n) is 6.64. The molecule has 41 heavy (non-hydrogen) atoms. The summed E-state index contributed by atoms with van der Waals surface area (Å²) >= 11 is 6.40. The molecule has 1 N–H and O–H groups in total. The van der Waals surface area contributed by atoms with Crippen LogP contribution in [-0.4, -0.2) is 48.7 Å². The minimum atomic E-state index is -4.28. The summed E-state index contributed by atoms with van der Waals surface area (Å²) in [6.07, 6.45) is 0.950. The molecule has 0 unspecified atom stereocenters. The van der Waals surface area contributed by atoms with E-state index in [0.717, 1.165) is 4.31 Å². The first-order valence-corrected chi connectivity index (χ1v) is 15.0. The van der Waals surface area contributed by atoms with Gasteiger partial charge in [-0.25, -0.2) is 8.42 Å². The van der Waals surface area contributed by atoms with E-state index in [1.165, 1.54) is 41.3 Å². The zero-order chi connectivity index (χ0) is 30.2. The van der Waals surface area contributed by atoms with Crippen LogP contribution in [-0.2, 0) is 26.2 Å². The number of rotatable bonds is 13. The van der Waals surface area contributed by atoms with Gasteiger partial charge in [-0.2, -0.15) is 0 Å². The second kappa shape index (κ2) is 14.1. The quantitative estimate of drug-likeness (QED) is 0.213. The normalized spacial score (nSPS) is 12.7. The average molecular weight is 601 g/mol. The smallest absolute Gasteiger partial charge is 0.269 e. The van der Waals surface area contributed by atoms with Crippen LogP contribution in [0.5, 0.6) is 0 Å². The number of anilines is 1. The summed E-state index contributed by atoms with van der Waals surface area (Å²) in [5.74, 6) is -1.01. The maximum atomic E-state index is 14.0. The number of nitrogens with one attached hydrogen (secondary N) is 1. The van der Waals surface area contributed by atoms with Gasteiger partial charge in [0.1, 0.15) is 12.6 Å². The summed E-state index contributed by atoms with van der Waals surface area (Å²) in [5.41, 5.74) is 0.415. The summed E-state index contributed by atoms with van der Waals surface area (Å²) in [4.78, 5) is 39.2. The molecule has 2 atom stereocenters. The number of nitrogens with zero attached hydrogens (tertiary/aromatic N) is 3. The number of sulfonamides is 1. The highest BCUT2D eigenvalue weighted by atomic mass is 35.5. The van der Waals surface area contributed by atoms with Crippen molar-refractivity contribution >= 4 is 44.8 Å². The van der Waals surface area contributed by atoms with Crippen molar-refractivity contribution in [1.82, 2.24) is 10.2 Å². The average Bonchev–Trinajstić information content (AvgIpc) is 2.97. The largest absolute Gasteiger partial charge is 0.352 e. The summed E-state index contributed by atoms with van der Waals surface area (Å²) in [5, 5.41) is 14.5. The number of nitro benzene ring substituents is 1. The second-order valence-electron chi connectivity index (χ2n) is 9.45. The van der Waals surface area contributed by atoms with Crippen molar-refractivity contribution < 1.29 is 22.9 Å². The standard InChI is InChI=1S/C29H33ClN4O6S/c1-4-21(3)31-29(36)27(5-2)32(19-22-11-9-10-14-26(22)30)28(35)20-33(23-15-17-24(18-16-23)34(37)38)41(39,40)25-12-7-6-8-13-25/h6-18,21,27H,4-5,19-20H2,1-3H3,(H,31,36)/t21-,27+/m0/s1. The molecule has 3 aromatic carbocycles. The maximum Gasteiger partial charge on any atom is 0.269 e. The number of carbonyl (C=O) groups is 2. The van der Waals surface area contributed by atoms with Crippen LogP contribution in [0.4, 0.5) is 11.4 Å². The van der Waals surface area contributed by atoms with Gasteiger partial charge in [0.05, 0.1) is 15.5 Å². The fraction of sp³-hybridized carbons (Fsp3) is 0.310. The van der Waals surface area contributed by atoms with Crippen molar-refractivity contribution in [2.24, 2.45) is 0 Å². The second-order valence-corrected chi connectivity index (χ2v) is 11.7. The summed E-state index contributed by atoms with van der Waals surface area (Å²) in [6.45, 7) is 4.85. The molecule has 3 aromatic rings. The van der Waals surface area contributed by atoms with Crippen LogP contribution in [0.15, 0.2) is 83.8 Å². The Hall–Kier alpha value is -3.96. The Morgan fingerprint density at radius 1 is 0.951 bits per heavy atom. The van der Waals surface area contributed by atoms with Crippen LogP contribution >= 0.6 is 11.6 Å². The molecule has 0 heterocycles. The van der Waals surface area contributed by atoms with E-state index < -0.39 is 33.4 Å². The first-order chi connectivity index (χ1) is 19.5. The number of hydrogen-bond acceptors (Lipinski definition) is 6. The van der Waals surface area contributed by atoms with Gasteiger partial charge in [0.25, 0.3) is 15.7 Å². The van der Waals surface area contributed by atoms with Gasteiger partial charge in [0, 0.05) is 29.7 Å². The van der Waals surface area contributed by atoms with Gasteiger partial charge in [-0.05, 0) is 55.7 Å². The lowest BCUT2D eigenvalue weighted by atomic mass is 10.1. The van der Waals surface area contributed by atoms with Gasteiger partial charge in [-0.15, -0.1) is 0 Å². The van der Waals surface area contributed by atoms with Crippen LogP contribution in [0.3, 0.4) is 0 Å². The molecule has 0 saturated heterocycles. The molecule has 0 aliphatic carbocycles. The monoisotopic (exact) mass is 600 g/mol. The summed E-state index contributed by atoms with van der Waals surface area (Å²) in [6, 6.07) is 18.3. The minimum absolute atomic E-state index is 0.0373. The maximum absolute atomic E-state index is 14.0. The lowest BCUT2D eigenvalue weighted by molar-refractivity contribution is -0.384. The van der Waals surface area contributed by atoms with Crippen molar-refractivity contribution in [2.45, 2.75) is 57.1 Å². The number of benzene rings is 3. The summed E-state index contributed by atoms with van der Waals surface area (Å²) in [7, 11) is -4.28.